The number of pyridine rings is 1. The molecule has 106 valence electrons. The molecule has 0 spiro atoms. The van der Waals surface area contributed by atoms with E-state index in [-0.39, 0.29) is 0 Å². The highest BCUT2D eigenvalue weighted by Crippen LogP contribution is 2.33. The molecule has 1 aromatic carbocycles. The number of carbonyl (C=O) groups is 1. The molecule has 3 aromatic rings. The van der Waals surface area contributed by atoms with Crippen molar-refractivity contribution in [2.24, 2.45) is 5.73 Å². The zero-order valence-electron chi connectivity index (χ0n) is 11.1. The molecule has 0 unspecified atom stereocenters. The number of hydrogen-bond donors (Lipinski definition) is 1. The second-order valence-electron chi connectivity index (χ2n) is 4.36. The number of nitrogens with two attached hydrogens (primary N) is 1. The quantitative estimate of drug-likeness (QED) is 0.804. The number of methoxy groups -OCH3 is 1. The van der Waals surface area contributed by atoms with Gasteiger partial charge in [0.1, 0.15) is 5.75 Å². The molecule has 0 aliphatic carbocycles. The predicted molar refractivity (Wildman–Crippen MR) is 78.9 cm³/mol. The summed E-state index contributed by atoms with van der Waals surface area (Å²) in [5, 5.41) is 1.14. The summed E-state index contributed by atoms with van der Waals surface area (Å²) in [5.74, 6) is -0.0732. The van der Waals surface area contributed by atoms with E-state index in [2.05, 4.69) is 9.97 Å². The van der Waals surface area contributed by atoms with Gasteiger partial charge in [-0.25, -0.2) is 4.98 Å². The van der Waals surface area contributed by atoms with Crippen molar-refractivity contribution in [1.29, 1.82) is 0 Å². The fourth-order valence-electron chi connectivity index (χ4n) is 2.19. The molecule has 0 atom stereocenters. The summed E-state index contributed by atoms with van der Waals surface area (Å²) < 4.78 is 6.93. The zero-order chi connectivity index (χ0) is 15.0. The third-order valence-corrected chi connectivity index (χ3v) is 3.44. The van der Waals surface area contributed by atoms with Gasteiger partial charge in [-0.1, -0.05) is 11.6 Å². The SMILES string of the molecule is COc1cc2c(-n3ccnc3)c(C(N)=O)cnc2cc1Cl. The van der Waals surface area contributed by atoms with Gasteiger partial charge in [-0.05, 0) is 12.1 Å². The van der Waals surface area contributed by atoms with Crippen LogP contribution >= 0.6 is 11.6 Å². The lowest BCUT2D eigenvalue weighted by Crippen LogP contribution is -2.15. The first kappa shape index (κ1) is 13.4. The van der Waals surface area contributed by atoms with Crippen LogP contribution in [0.5, 0.6) is 5.75 Å². The molecule has 2 heterocycles. The molecule has 21 heavy (non-hydrogen) atoms. The number of imidazole rings is 1. The minimum absolute atomic E-state index is 0.296. The number of fused-ring (bicyclic) bond motifs is 1. The van der Waals surface area contributed by atoms with Gasteiger partial charge in [0, 0.05) is 24.0 Å². The van der Waals surface area contributed by atoms with E-state index in [4.69, 9.17) is 22.1 Å². The van der Waals surface area contributed by atoms with Crippen molar-refractivity contribution in [1.82, 2.24) is 14.5 Å². The average Bonchev–Trinajstić information content (AvgIpc) is 2.98. The van der Waals surface area contributed by atoms with Crippen LogP contribution in [0.25, 0.3) is 16.6 Å². The highest BCUT2D eigenvalue weighted by Gasteiger charge is 2.16. The van der Waals surface area contributed by atoms with Gasteiger partial charge in [-0.3, -0.25) is 9.78 Å². The van der Waals surface area contributed by atoms with E-state index in [1.54, 1.807) is 35.4 Å². The van der Waals surface area contributed by atoms with Gasteiger partial charge >= 0.3 is 0 Å². The van der Waals surface area contributed by atoms with Crippen LogP contribution < -0.4 is 10.5 Å². The Morgan fingerprint density at radius 1 is 1.43 bits per heavy atom. The first-order valence-corrected chi connectivity index (χ1v) is 6.44. The van der Waals surface area contributed by atoms with Crippen molar-refractivity contribution >= 4 is 28.4 Å². The monoisotopic (exact) mass is 302 g/mol. The molecule has 1 amide bonds. The van der Waals surface area contributed by atoms with Crippen molar-refractivity contribution in [3.05, 3.63) is 47.6 Å². The summed E-state index contributed by atoms with van der Waals surface area (Å²) in [6.45, 7) is 0. The summed E-state index contributed by atoms with van der Waals surface area (Å²) in [5.41, 5.74) is 6.97. The van der Waals surface area contributed by atoms with Crippen molar-refractivity contribution in [2.45, 2.75) is 0 Å². The molecule has 6 nitrogen and oxygen atoms in total. The summed E-state index contributed by atoms with van der Waals surface area (Å²) in [4.78, 5) is 19.9. The van der Waals surface area contributed by atoms with Gasteiger partial charge in [0.15, 0.2) is 0 Å². The average molecular weight is 303 g/mol. The molecule has 2 aromatic heterocycles. The number of rotatable bonds is 3. The normalized spacial score (nSPS) is 10.8. The maximum atomic E-state index is 11.7. The maximum Gasteiger partial charge on any atom is 0.252 e. The third kappa shape index (κ3) is 2.19. The topological polar surface area (TPSA) is 83.0 Å². The second-order valence-corrected chi connectivity index (χ2v) is 4.77. The lowest BCUT2D eigenvalue weighted by atomic mass is 10.1. The Balaban J connectivity index is 2.43. The number of hydrogen-bond acceptors (Lipinski definition) is 4. The Kier molecular flexibility index (Phi) is 3.23. The largest absolute Gasteiger partial charge is 0.495 e. The van der Waals surface area contributed by atoms with Gasteiger partial charge in [-0.2, -0.15) is 0 Å². The first-order chi connectivity index (χ1) is 10.1. The number of amides is 1. The van der Waals surface area contributed by atoms with Gasteiger partial charge < -0.3 is 15.0 Å². The van der Waals surface area contributed by atoms with Crippen molar-refractivity contribution in [3.8, 4) is 11.4 Å². The molecule has 0 bridgehead atoms. The van der Waals surface area contributed by atoms with Gasteiger partial charge in [-0.15, -0.1) is 0 Å². The van der Waals surface area contributed by atoms with Crippen LogP contribution in [0.15, 0.2) is 37.1 Å². The smallest absolute Gasteiger partial charge is 0.252 e. The van der Waals surface area contributed by atoms with E-state index in [9.17, 15) is 4.79 Å². The van der Waals surface area contributed by atoms with Crippen molar-refractivity contribution < 1.29 is 9.53 Å². The number of primary amides is 1. The zero-order valence-corrected chi connectivity index (χ0v) is 11.8. The van der Waals surface area contributed by atoms with Crippen LogP contribution in [0.4, 0.5) is 0 Å². The number of carbonyl (C=O) groups excluding carboxylic acids is 1. The Morgan fingerprint density at radius 3 is 2.86 bits per heavy atom. The Bertz CT molecular complexity index is 831. The number of aromatic nitrogens is 3. The van der Waals surface area contributed by atoms with E-state index < -0.39 is 5.91 Å². The van der Waals surface area contributed by atoms with Gasteiger partial charge in [0.2, 0.25) is 0 Å². The molecule has 0 aliphatic heterocycles. The van der Waals surface area contributed by atoms with Crippen LogP contribution in [0.1, 0.15) is 10.4 Å². The first-order valence-electron chi connectivity index (χ1n) is 6.06. The lowest BCUT2D eigenvalue weighted by Gasteiger charge is -2.13. The van der Waals surface area contributed by atoms with E-state index >= 15 is 0 Å². The molecule has 0 fully saturated rings. The van der Waals surface area contributed by atoms with E-state index in [1.165, 1.54) is 13.3 Å². The fourth-order valence-corrected chi connectivity index (χ4v) is 2.42. The third-order valence-electron chi connectivity index (χ3n) is 3.14. The van der Waals surface area contributed by atoms with E-state index in [0.29, 0.717) is 32.9 Å². The molecule has 3 rings (SSSR count). The number of ether oxygens (including phenoxy) is 1. The van der Waals surface area contributed by atoms with Crippen LogP contribution in [-0.2, 0) is 0 Å². The predicted octanol–water partition coefficient (Wildman–Crippen LogP) is 2.18. The van der Waals surface area contributed by atoms with Gasteiger partial charge in [0.25, 0.3) is 5.91 Å². The lowest BCUT2D eigenvalue weighted by molar-refractivity contribution is 0.1000. The van der Waals surface area contributed by atoms with Crippen LogP contribution in [0, 0.1) is 0 Å². The molecular formula is C14H11ClN4O2. The molecule has 7 heteroatoms. The van der Waals surface area contributed by atoms with Crippen molar-refractivity contribution in [2.75, 3.05) is 7.11 Å². The van der Waals surface area contributed by atoms with Crippen LogP contribution in [0.2, 0.25) is 5.02 Å². The molecule has 0 radical (unpaired) electrons. The molecule has 2 N–H and O–H groups in total. The summed E-state index contributed by atoms with van der Waals surface area (Å²) >= 11 is 6.11. The molecule has 0 saturated carbocycles. The fraction of sp³-hybridized carbons (Fsp3) is 0.0714. The molecular weight excluding hydrogens is 292 g/mol. The van der Waals surface area contributed by atoms with Gasteiger partial charge in [0.05, 0.1) is 35.2 Å². The highest BCUT2D eigenvalue weighted by atomic mass is 35.5. The minimum atomic E-state index is -0.568. The number of halogens is 1. The Hall–Kier alpha value is -2.60. The summed E-state index contributed by atoms with van der Waals surface area (Å²) in [6.07, 6.45) is 6.36. The van der Waals surface area contributed by atoms with Crippen molar-refractivity contribution in [3.63, 3.8) is 0 Å². The maximum absolute atomic E-state index is 11.7. The second kappa shape index (κ2) is 5.06. The number of nitrogens with zero attached hydrogens (tertiary/aromatic N) is 3. The highest BCUT2D eigenvalue weighted by molar-refractivity contribution is 6.33. The standard InChI is InChI=1S/C14H11ClN4O2/c1-21-12-4-8-11(5-10(12)15)18-6-9(14(16)20)13(8)19-3-2-17-7-19/h2-7H,1H3,(H2,16,20). The van der Waals surface area contributed by atoms with Crippen LogP contribution in [-0.4, -0.2) is 27.6 Å². The van der Waals surface area contributed by atoms with E-state index in [0.717, 1.165) is 0 Å². The summed E-state index contributed by atoms with van der Waals surface area (Å²) in [7, 11) is 1.52. The minimum Gasteiger partial charge on any atom is -0.495 e. The van der Waals surface area contributed by atoms with E-state index in [1.807, 2.05) is 0 Å². The summed E-state index contributed by atoms with van der Waals surface area (Å²) in [6, 6.07) is 3.41. The molecule has 0 saturated heterocycles. The van der Waals surface area contributed by atoms with Crippen LogP contribution in [0.3, 0.4) is 0 Å². The molecule has 0 aliphatic rings. The number of benzene rings is 1. The Labute approximate surface area is 125 Å². The Morgan fingerprint density at radius 2 is 2.24 bits per heavy atom.